The zero-order chi connectivity index (χ0) is 16.6. The lowest BCUT2D eigenvalue weighted by molar-refractivity contribution is -0.385. The molecule has 7 heteroatoms. The first-order chi connectivity index (χ1) is 11.0. The van der Waals surface area contributed by atoms with Gasteiger partial charge >= 0.3 is 0 Å². The Balaban J connectivity index is 1.99. The van der Waals surface area contributed by atoms with Gasteiger partial charge in [-0.2, -0.15) is 0 Å². The Bertz CT molecular complexity index is 789. The summed E-state index contributed by atoms with van der Waals surface area (Å²) in [6, 6.07) is 8.72. The van der Waals surface area contributed by atoms with Crippen LogP contribution in [0, 0.1) is 22.9 Å². The van der Waals surface area contributed by atoms with E-state index in [0.717, 1.165) is 5.56 Å². The van der Waals surface area contributed by atoms with Crippen LogP contribution in [0.4, 0.5) is 15.8 Å². The van der Waals surface area contributed by atoms with Gasteiger partial charge in [-0.25, -0.2) is 4.39 Å². The molecule has 118 valence electrons. The number of aryl methyl sites for hydroxylation is 1. The van der Waals surface area contributed by atoms with Crippen molar-refractivity contribution >= 4 is 17.3 Å². The number of rotatable bonds is 3. The van der Waals surface area contributed by atoms with E-state index >= 15 is 0 Å². The molecule has 0 N–H and O–H groups in total. The van der Waals surface area contributed by atoms with Crippen molar-refractivity contribution in [2.24, 2.45) is 0 Å². The number of nitrogens with zero attached hydrogens (tertiary/aromatic N) is 2. The van der Waals surface area contributed by atoms with E-state index in [1.807, 2.05) is 0 Å². The van der Waals surface area contributed by atoms with E-state index in [9.17, 15) is 19.3 Å². The smallest absolute Gasteiger partial charge is 0.276 e. The molecule has 2 aromatic carbocycles. The second kappa shape index (κ2) is 5.68. The topological polar surface area (TPSA) is 72.7 Å². The van der Waals surface area contributed by atoms with Gasteiger partial charge in [0.2, 0.25) is 0 Å². The molecule has 0 spiro atoms. The van der Waals surface area contributed by atoms with Gasteiger partial charge < -0.3 is 9.64 Å². The third-order valence-corrected chi connectivity index (χ3v) is 3.67. The number of carbonyl (C=O) groups excluding carboxylic acids is 1. The molecule has 0 aliphatic carbocycles. The summed E-state index contributed by atoms with van der Waals surface area (Å²) in [5.74, 6) is -0.312. The van der Waals surface area contributed by atoms with Crippen LogP contribution < -0.4 is 9.64 Å². The number of benzene rings is 2. The molecule has 0 saturated heterocycles. The van der Waals surface area contributed by atoms with Gasteiger partial charge in [-0.1, -0.05) is 12.1 Å². The first kappa shape index (κ1) is 15.0. The van der Waals surface area contributed by atoms with Gasteiger partial charge in [0.1, 0.15) is 5.82 Å². The summed E-state index contributed by atoms with van der Waals surface area (Å²) >= 11 is 0. The number of fused-ring (bicyclic) bond motifs is 1. The second-order valence-corrected chi connectivity index (χ2v) is 5.26. The van der Waals surface area contributed by atoms with E-state index in [2.05, 4.69) is 0 Å². The van der Waals surface area contributed by atoms with E-state index in [1.165, 1.54) is 23.1 Å². The van der Waals surface area contributed by atoms with E-state index in [4.69, 9.17) is 4.74 Å². The molecule has 2 aromatic rings. The highest BCUT2D eigenvalue weighted by Gasteiger charge is 2.28. The maximum atomic E-state index is 13.0. The Morgan fingerprint density at radius 1 is 1.30 bits per heavy atom. The van der Waals surface area contributed by atoms with E-state index in [-0.39, 0.29) is 30.6 Å². The molecule has 3 rings (SSSR count). The van der Waals surface area contributed by atoms with Crippen molar-refractivity contribution in [3.05, 3.63) is 63.5 Å². The van der Waals surface area contributed by atoms with Crippen molar-refractivity contribution in [1.29, 1.82) is 0 Å². The number of halogens is 1. The average Bonchev–Trinajstić information content (AvgIpc) is 2.51. The first-order valence-electron chi connectivity index (χ1n) is 6.92. The minimum Gasteiger partial charge on any atom is -0.481 e. The highest BCUT2D eigenvalue weighted by atomic mass is 19.1. The van der Waals surface area contributed by atoms with Gasteiger partial charge in [0, 0.05) is 5.56 Å². The SMILES string of the molecule is Cc1cc2c(cc1[N+](=O)[O-])OCC(=O)N2Cc1ccc(F)cc1. The van der Waals surface area contributed by atoms with Gasteiger partial charge in [-0.15, -0.1) is 0 Å². The molecule has 23 heavy (non-hydrogen) atoms. The van der Waals surface area contributed by atoms with Gasteiger partial charge in [0.05, 0.1) is 23.2 Å². The fourth-order valence-electron chi connectivity index (χ4n) is 2.48. The fraction of sp³-hybridized carbons (Fsp3) is 0.188. The molecule has 0 fully saturated rings. The molecular weight excluding hydrogens is 303 g/mol. The lowest BCUT2D eigenvalue weighted by Gasteiger charge is -2.29. The number of carbonyl (C=O) groups is 1. The molecule has 0 saturated carbocycles. The molecule has 0 atom stereocenters. The molecule has 6 nitrogen and oxygen atoms in total. The van der Waals surface area contributed by atoms with Gasteiger partial charge in [-0.05, 0) is 30.7 Å². The van der Waals surface area contributed by atoms with E-state index in [0.29, 0.717) is 17.0 Å². The van der Waals surface area contributed by atoms with Crippen LogP contribution >= 0.6 is 0 Å². The second-order valence-electron chi connectivity index (χ2n) is 5.26. The third kappa shape index (κ3) is 2.85. The van der Waals surface area contributed by atoms with Gasteiger partial charge in [0.25, 0.3) is 11.6 Å². The number of amides is 1. The maximum Gasteiger partial charge on any atom is 0.276 e. The number of nitro benzene ring substituents is 1. The maximum absolute atomic E-state index is 13.0. The molecule has 0 aromatic heterocycles. The predicted molar refractivity (Wildman–Crippen MR) is 80.9 cm³/mol. The molecule has 0 unspecified atom stereocenters. The number of ether oxygens (including phenoxy) is 1. The minimum atomic E-state index is -0.486. The van der Waals surface area contributed by atoms with E-state index < -0.39 is 4.92 Å². The first-order valence-corrected chi connectivity index (χ1v) is 6.92. The quantitative estimate of drug-likeness (QED) is 0.644. The van der Waals surface area contributed by atoms with Crippen molar-refractivity contribution in [2.45, 2.75) is 13.5 Å². The Labute approximate surface area is 131 Å². The number of hydrogen-bond acceptors (Lipinski definition) is 4. The number of nitro groups is 1. The zero-order valence-corrected chi connectivity index (χ0v) is 12.3. The summed E-state index contributed by atoms with van der Waals surface area (Å²) in [4.78, 5) is 24.2. The van der Waals surface area contributed by atoms with Crippen molar-refractivity contribution in [1.82, 2.24) is 0 Å². The number of hydrogen-bond donors (Lipinski definition) is 0. The molecule has 0 radical (unpaired) electrons. The van der Waals surface area contributed by atoms with Crippen molar-refractivity contribution in [2.75, 3.05) is 11.5 Å². The molecule has 0 bridgehead atoms. The summed E-state index contributed by atoms with van der Waals surface area (Å²) in [6.07, 6.45) is 0. The van der Waals surface area contributed by atoms with Crippen LogP contribution in [0.25, 0.3) is 0 Å². The summed E-state index contributed by atoms with van der Waals surface area (Å²) in [5.41, 5.74) is 1.62. The largest absolute Gasteiger partial charge is 0.481 e. The average molecular weight is 316 g/mol. The Hall–Kier alpha value is -2.96. The third-order valence-electron chi connectivity index (χ3n) is 3.67. The monoisotopic (exact) mass is 316 g/mol. The molecule has 1 aliphatic rings. The molecule has 1 amide bonds. The van der Waals surface area contributed by atoms with Crippen LogP contribution in [0.3, 0.4) is 0 Å². The normalized spacial score (nSPS) is 13.5. The predicted octanol–water partition coefficient (Wildman–Crippen LogP) is 2.97. The van der Waals surface area contributed by atoms with E-state index in [1.54, 1.807) is 25.1 Å². The van der Waals surface area contributed by atoms with Crippen LogP contribution in [-0.4, -0.2) is 17.4 Å². The summed E-state index contributed by atoms with van der Waals surface area (Å²) in [5, 5.41) is 11.0. The molecular formula is C16H13FN2O4. The lowest BCUT2D eigenvalue weighted by Crippen LogP contribution is -2.38. The highest BCUT2D eigenvalue weighted by Crippen LogP contribution is 2.38. The lowest BCUT2D eigenvalue weighted by atomic mass is 10.1. The fourth-order valence-corrected chi connectivity index (χ4v) is 2.48. The molecule has 1 aliphatic heterocycles. The Morgan fingerprint density at radius 2 is 2.00 bits per heavy atom. The van der Waals surface area contributed by atoms with Crippen LogP contribution in [0.2, 0.25) is 0 Å². The Kier molecular flexibility index (Phi) is 3.69. The van der Waals surface area contributed by atoms with Crippen LogP contribution in [0.1, 0.15) is 11.1 Å². The Morgan fingerprint density at radius 3 is 2.65 bits per heavy atom. The minimum absolute atomic E-state index is 0.0557. The van der Waals surface area contributed by atoms with Crippen molar-refractivity contribution < 1.29 is 18.8 Å². The zero-order valence-electron chi connectivity index (χ0n) is 12.3. The molecule has 1 heterocycles. The van der Waals surface area contributed by atoms with Crippen LogP contribution in [0.5, 0.6) is 5.75 Å². The van der Waals surface area contributed by atoms with Crippen LogP contribution in [0.15, 0.2) is 36.4 Å². The van der Waals surface area contributed by atoms with Gasteiger partial charge in [-0.3, -0.25) is 14.9 Å². The summed E-state index contributed by atoms with van der Waals surface area (Å²) < 4.78 is 18.3. The number of anilines is 1. The summed E-state index contributed by atoms with van der Waals surface area (Å²) in [6.45, 7) is 1.66. The van der Waals surface area contributed by atoms with Gasteiger partial charge in [0.15, 0.2) is 12.4 Å². The highest BCUT2D eigenvalue weighted by molar-refractivity contribution is 5.98. The summed E-state index contributed by atoms with van der Waals surface area (Å²) in [7, 11) is 0. The van der Waals surface area contributed by atoms with Crippen molar-refractivity contribution in [3.63, 3.8) is 0 Å². The van der Waals surface area contributed by atoms with Crippen LogP contribution in [-0.2, 0) is 11.3 Å². The van der Waals surface area contributed by atoms with Crippen molar-refractivity contribution in [3.8, 4) is 5.75 Å². The standard InChI is InChI=1S/C16H13FN2O4/c1-10-6-14-15(7-13(10)19(21)22)23-9-16(20)18(14)8-11-2-4-12(17)5-3-11/h2-7H,8-9H2,1H3.